The molecule has 0 saturated carbocycles. The van der Waals surface area contributed by atoms with Gasteiger partial charge in [0.25, 0.3) is 5.56 Å². The van der Waals surface area contributed by atoms with Crippen molar-refractivity contribution in [1.29, 1.82) is 0 Å². The molecule has 1 aliphatic carbocycles. The van der Waals surface area contributed by atoms with Crippen molar-refractivity contribution in [2.24, 2.45) is 7.05 Å². The molecule has 3 aromatic rings. The number of carbonyl (C=O) groups is 1. The normalized spacial score (nSPS) is 12.9. The molecule has 0 unspecified atom stereocenters. The highest BCUT2D eigenvalue weighted by Gasteiger charge is 2.22. The van der Waals surface area contributed by atoms with Crippen molar-refractivity contribution in [3.05, 3.63) is 51.1 Å². The van der Waals surface area contributed by atoms with Gasteiger partial charge in [0.05, 0.1) is 17.7 Å². The molecule has 0 aliphatic heterocycles. The minimum atomic E-state index is -0.107. The fraction of sp³-hybridized carbons (Fsp3) is 0.350. The van der Waals surface area contributed by atoms with E-state index in [-0.39, 0.29) is 17.2 Å². The van der Waals surface area contributed by atoms with Crippen LogP contribution < -0.4 is 15.6 Å². The molecule has 1 aromatic carbocycles. The van der Waals surface area contributed by atoms with Crippen molar-refractivity contribution in [1.82, 2.24) is 14.9 Å². The number of nitrogens with one attached hydrogen (secondary N) is 1. The summed E-state index contributed by atoms with van der Waals surface area (Å²) in [5.41, 5.74) is 1.17. The molecular weight excluding hydrogens is 394 g/mol. The van der Waals surface area contributed by atoms with Crippen molar-refractivity contribution in [3.8, 4) is 5.75 Å². The molecule has 1 N–H and O–H groups in total. The number of amides is 1. The van der Waals surface area contributed by atoms with E-state index in [0.29, 0.717) is 18.3 Å². The first kappa shape index (κ1) is 19.0. The van der Waals surface area contributed by atoms with Gasteiger partial charge in [-0.05, 0) is 37.0 Å². The third kappa shape index (κ3) is 3.93. The second kappa shape index (κ2) is 8.36. The highest BCUT2D eigenvalue weighted by Crippen LogP contribution is 2.35. The number of hydrogen-bond donors (Lipinski definition) is 1. The Morgan fingerprint density at radius 2 is 2.14 bits per heavy atom. The van der Waals surface area contributed by atoms with Gasteiger partial charge in [-0.2, -0.15) is 0 Å². The number of rotatable bonds is 7. The van der Waals surface area contributed by atoms with E-state index in [0.717, 1.165) is 35.2 Å². The summed E-state index contributed by atoms with van der Waals surface area (Å²) in [4.78, 5) is 31.6. The van der Waals surface area contributed by atoms with Gasteiger partial charge in [0, 0.05) is 11.9 Å². The first-order valence-electron chi connectivity index (χ1n) is 9.22. The predicted octanol–water partition coefficient (Wildman–Crippen LogP) is 2.77. The Bertz CT molecular complexity index is 1060. The van der Waals surface area contributed by atoms with Gasteiger partial charge in [0.15, 0.2) is 5.16 Å². The summed E-state index contributed by atoms with van der Waals surface area (Å²) in [6.45, 7) is 0.835. The van der Waals surface area contributed by atoms with Crippen LogP contribution in [0.25, 0.3) is 10.2 Å². The molecule has 0 fully saturated rings. The molecule has 0 atom stereocenters. The minimum absolute atomic E-state index is 0.0106. The Morgan fingerprint density at radius 3 is 2.96 bits per heavy atom. The first-order valence-corrected chi connectivity index (χ1v) is 11.0. The van der Waals surface area contributed by atoms with Crippen LogP contribution in [0.4, 0.5) is 0 Å². The Morgan fingerprint density at radius 1 is 1.32 bits per heavy atom. The maximum atomic E-state index is 12.8. The molecule has 0 bridgehead atoms. The van der Waals surface area contributed by atoms with E-state index in [9.17, 15) is 9.59 Å². The van der Waals surface area contributed by atoms with Crippen LogP contribution in [0, 0.1) is 0 Å². The van der Waals surface area contributed by atoms with E-state index >= 15 is 0 Å². The van der Waals surface area contributed by atoms with Crippen LogP contribution >= 0.6 is 23.1 Å². The van der Waals surface area contributed by atoms with Crippen molar-refractivity contribution < 1.29 is 9.53 Å². The van der Waals surface area contributed by atoms with Gasteiger partial charge in [0.1, 0.15) is 17.2 Å². The fourth-order valence-corrected chi connectivity index (χ4v) is 5.40. The zero-order chi connectivity index (χ0) is 19.5. The number of benzene rings is 1. The second-order valence-electron chi connectivity index (χ2n) is 6.60. The summed E-state index contributed by atoms with van der Waals surface area (Å²) in [6.07, 6.45) is 3.12. The lowest BCUT2D eigenvalue weighted by molar-refractivity contribution is -0.118. The van der Waals surface area contributed by atoms with Gasteiger partial charge >= 0.3 is 0 Å². The van der Waals surface area contributed by atoms with E-state index in [4.69, 9.17) is 4.74 Å². The second-order valence-corrected chi connectivity index (χ2v) is 8.62. The number of thioether (sulfide) groups is 1. The summed E-state index contributed by atoms with van der Waals surface area (Å²) in [7, 11) is 1.72. The zero-order valence-electron chi connectivity index (χ0n) is 15.6. The number of aromatic nitrogens is 2. The van der Waals surface area contributed by atoms with Crippen molar-refractivity contribution in [2.45, 2.75) is 24.4 Å². The third-order valence-corrected chi connectivity index (χ3v) is 6.89. The maximum absolute atomic E-state index is 12.8. The molecule has 146 valence electrons. The van der Waals surface area contributed by atoms with Gasteiger partial charge in [-0.1, -0.05) is 30.0 Å². The Labute approximate surface area is 170 Å². The van der Waals surface area contributed by atoms with Crippen LogP contribution in [-0.4, -0.2) is 34.4 Å². The molecule has 1 amide bonds. The molecule has 0 radical (unpaired) electrons. The van der Waals surface area contributed by atoms with Crippen LogP contribution in [0.1, 0.15) is 16.9 Å². The van der Waals surface area contributed by atoms with Crippen LogP contribution in [0.5, 0.6) is 5.75 Å². The minimum Gasteiger partial charge on any atom is -0.492 e. The summed E-state index contributed by atoms with van der Waals surface area (Å²) in [6, 6.07) is 9.48. The maximum Gasteiger partial charge on any atom is 0.262 e. The van der Waals surface area contributed by atoms with Crippen molar-refractivity contribution in [3.63, 3.8) is 0 Å². The number of para-hydroxylation sites is 1. The highest BCUT2D eigenvalue weighted by molar-refractivity contribution is 7.99. The van der Waals surface area contributed by atoms with E-state index in [1.165, 1.54) is 22.2 Å². The van der Waals surface area contributed by atoms with Crippen molar-refractivity contribution >= 4 is 39.2 Å². The number of fused-ring (bicyclic) bond motifs is 3. The molecule has 0 spiro atoms. The summed E-state index contributed by atoms with van der Waals surface area (Å²) < 4.78 is 7.11. The number of carbonyl (C=O) groups excluding carboxylic acids is 1. The Kier molecular flexibility index (Phi) is 5.68. The summed E-state index contributed by atoms with van der Waals surface area (Å²) in [5.74, 6) is 0.883. The number of thiophene rings is 1. The van der Waals surface area contributed by atoms with Gasteiger partial charge in [-0.25, -0.2) is 4.98 Å². The van der Waals surface area contributed by atoms with Crippen molar-refractivity contribution in [2.75, 3.05) is 18.9 Å². The molecule has 8 heteroatoms. The highest BCUT2D eigenvalue weighted by atomic mass is 32.2. The molecule has 2 aromatic heterocycles. The topological polar surface area (TPSA) is 73.2 Å². The lowest BCUT2D eigenvalue weighted by Crippen LogP contribution is -2.30. The number of nitrogens with zero attached hydrogens (tertiary/aromatic N) is 2. The molecule has 2 heterocycles. The van der Waals surface area contributed by atoms with Crippen LogP contribution in [0.2, 0.25) is 0 Å². The summed E-state index contributed by atoms with van der Waals surface area (Å²) >= 11 is 2.90. The molecule has 0 saturated heterocycles. The van der Waals surface area contributed by atoms with Crippen LogP contribution in [-0.2, 0) is 24.7 Å². The monoisotopic (exact) mass is 415 g/mol. The number of aryl methyl sites for hydroxylation is 2. The van der Waals surface area contributed by atoms with Crippen LogP contribution in [0.15, 0.2) is 40.3 Å². The number of hydrogen-bond acceptors (Lipinski definition) is 6. The van der Waals surface area contributed by atoms with E-state index in [1.807, 2.05) is 30.3 Å². The molecule has 6 nitrogen and oxygen atoms in total. The van der Waals surface area contributed by atoms with Gasteiger partial charge in [-0.3, -0.25) is 14.2 Å². The Balaban J connectivity index is 1.33. The number of ether oxygens (including phenoxy) is 1. The van der Waals surface area contributed by atoms with E-state index in [2.05, 4.69) is 10.3 Å². The van der Waals surface area contributed by atoms with Gasteiger partial charge in [0.2, 0.25) is 5.91 Å². The summed E-state index contributed by atoms with van der Waals surface area (Å²) in [5, 5.41) is 4.18. The van der Waals surface area contributed by atoms with E-state index < -0.39 is 0 Å². The fourth-order valence-electron chi connectivity index (χ4n) is 3.29. The molecule has 4 rings (SSSR count). The van der Waals surface area contributed by atoms with Crippen LogP contribution in [0.3, 0.4) is 0 Å². The quantitative estimate of drug-likeness (QED) is 0.365. The van der Waals surface area contributed by atoms with E-state index in [1.54, 1.807) is 23.0 Å². The first-order chi connectivity index (χ1) is 13.6. The third-order valence-electron chi connectivity index (χ3n) is 4.67. The standard InChI is InChI=1S/C20H21N3O3S2/c1-23-19(25)17-14-8-5-9-15(14)28-18(17)22-20(23)27-12-16(24)21-10-11-26-13-6-3-2-4-7-13/h2-4,6-7H,5,8-12H2,1H3,(H,21,24). The largest absolute Gasteiger partial charge is 0.492 e. The average molecular weight is 416 g/mol. The Hall–Kier alpha value is -2.32. The average Bonchev–Trinajstić information content (AvgIpc) is 3.28. The van der Waals surface area contributed by atoms with Gasteiger partial charge < -0.3 is 10.1 Å². The molecule has 28 heavy (non-hydrogen) atoms. The molecule has 1 aliphatic rings. The van der Waals surface area contributed by atoms with Gasteiger partial charge in [-0.15, -0.1) is 11.3 Å². The lowest BCUT2D eigenvalue weighted by atomic mass is 10.2. The zero-order valence-corrected chi connectivity index (χ0v) is 17.2. The predicted molar refractivity (Wildman–Crippen MR) is 113 cm³/mol. The SMILES string of the molecule is Cn1c(SCC(=O)NCCOc2ccccc2)nc2sc3c(c2c1=O)CCC3. The molecular formula is C20H21N3O3S2. The smallest absolute Gasteiger partial charge is 0.262 e. The lowest BCUT2D eigenvalue weighted by Gasteiger charge is -2.09.